The molecule has 1 aliphatic rings. The van der Waals surface area contributed by atoms with Crippen molar-refractivity contribution in [2.45, 2.75) is 40.2 Å². The van der Waals surface area contributed by atoms with Gasteiger partial charge in [0.25, 0.3) is 0 Å². The van der Waals surface area contributed by atoms with Crippen molar-refractivity contribution in [2.24, 2.45) is 11.8 Å². The van der Waals surface area contributed by atoms with E-state index < -0.39 is 0 Å². The van der Waals surface area contributed by atoms with Gasteiger partial charge in [0.2, 0.25) is 0 Å². The van der Waals surface area contributed by atoms with Crippen LogP contribution in [0.15, 0.2) is 24.3 Å². The predicted molar refractivity (Wildman–Crippen MR) is 86.9 cm³/mol. The van der Waals surface area contributed by atoms with Gasteiger partial charge in [-0.15, -0.1) is 0 Å². The third-order valence-electron chi connectivity index (χ3n) is 4.19. The van der Waals surface area contributed by atoms with Crippen molar-refractivity contribution in [1.82, 2.24) is 10.2 Å². The van der Waals surface area contributed by atoms with Gasteiger partial charge >= 0.3 is 0 Å². The van der Waals surface area contributed by atoms with Crippen molar-refractivity contribution in [2.75, 3.05) is 26.2 Å². The molecule has 1 N–H and O–H groups in total. The van der Waals surface area contributed by atoms with Crippen LogP contribution >= 0.6 is 0 Å². The fourth-order valence-corrected chi connectivity index (χ4v) is 2.94. The van der Waals surface area contributed by atoms with Gasteiger partial charge in [0.15, 0.2) is 0 Å². The second-order valence-corrected chi connectivity index (χ2v) is 6.61. The van der Waals surface area contributed by atoms with Crippen molar-refractivity contribution >= 4 is 0 Å². The van der Waals surface area contributed by atoms with E-state index in [9.17, 15) is 0 Å². The Morgan fingerprint density at radius 1 is 1.20 bits per heavy atom. The van der Waals surface area contributed by atoms with Crippen LogP contribution < -0.4 is 5.32 Å². The van der Waals surface area contributed by atoms with Gasteiger partial charge in [-0.3, -0.25) is 4.90 Å². The quantitative estimate of drug-likeness (QED) is 0.820. The highest BCUT2D eigenvalue weighted by Gasteiger charge is 2.21. The lowest BCUT2D eigenvalue weighted by Gasteiger charge is -2.17. The van der Waals surface area contributed by atoms with Crippen molar-refractivity contribution in [3.05, 3.63) is 35.4 Å². The van der Waals surface area contributed by atoms with Crippen LogP contribution in [-0.2, 0) is 13.0 Å². The lowest BCUT2D eigenvalue weighted by Crippen LogP contribution is -2.28. The Kier molecular flexibility index (Phi) is 6.06. The Labute approximate surface area is 124 Å². The molecular weight excluding hydrogens is 244 g/mol. The molecule has 1 unspecified atom stereocenters. The van der Waals surface area contributed by atoms with Crippen LogP contribution in [0.1, 0.15) is 38.3 Å². The molecule has 1 heterocycles. The highest BCUT2D eigenvalue weighted by atomic mass is 15.1. The molecule has 1 aromatic rings. The highest BCUT2D eigenvalue weighted by Crippen LogP contribution is 2.18. The molecule has 1 saturated heterocycles. The fraction of sp³-hybridized carbons (Fsp3) is 0.667. The van der Waals surface area contributed by atoms with E-state index in [1.165, 1.54) is 37.2 Å². The van der Waals surface area contributed by atoms with Gasteiger partial charge in [-0.1, -0.05) is 45.0 Å². The zero-order valence-corrected chi connectivity index (χ0v) is 13.4. The lowest BCUT2D eigenvalue weighted by molar-refractivity contribution is 0.313. The summed E-state index contributed by atoms with van der Waals surface area (Å²) in [6, 6.07) is 9.13. The van der Waals surface area contributed by atoms with E-state index in [0.29, 0.717) is 0 Å². The molecule has 0 aliphatic carbocycles. The predicted octanol–water partition coefficient (Wildman–Crippen LogP) is 3.32. The monoisotopic (exact) mass is 274 g/mol. The fourth-order valence-electron chi connectivity index (χ4n) is 2.94. The van der Waals surface area contributed by atoms with Crippen LogP contribution in [0.2, 0.25) is 0 Å². The van der Waals surface area contributed by atoms with Crippen LogP contribution in [0.5, 0.6) is 0 Å². The molecule has 0 amide bonds. The first-order valence-corrected chi connectivity index (χ1v) is 8.18. The molecule has 0 spiro atoms. The van der Waals surface area contributed by atoms with E-state index in [-0.39, 0.29) is 0 Å². The van der Waals surface area contributed by atoms with Gasteiger partial charge < -0.3 is 5.32 Å². The van der Waals surface area contributed by atoms with Crippen LogP contribution in [0.25, 0.3) is 0 Å². The second-order valence-electron chi connectivity index (χ2n) is 6.61. The minimum absolute atomic E-state index is 0.754. The summed E-state index contributed by atoms with van der Waals surface area (Å²) >= 11 is 0. The maximum atomic E-state index is 3.60. The SMILES string of the molecule is CCc1ccc(CN2CCC(CNCC(C)C)C2)cc1. The lowest BCUT2D eigenvalue weighted by atomic mass is 10.1. The molecule has 0 bridgehead atoms. The van der Waals surface area contributed by atoms with Gasteiger partial charge in [0.05, 0.1) is 0 Å². The second kappa shape index (κ2) is 7.80. The van der Waals surface area contributed by atoms with Gasteiger partial charge in [-0.2, -0.15) is 0 Å². The molecule has 1 aromatic carbocycles. The van der Waals surface area contributed by atoms with Crippen LogP contribution in [-0.4, -0.2) is 31.1 Å². The standard InChI is InChI=1S/C18H30N2/c1-4-16-5-7-17(8-6-16)13-20-10-9-18(14-20)12-19-11-15(2)3/h5-8,15,18-19H,4,9-14H2,1-3H3. The van der Waals surface area contributed by atoms with E-state index in [1.54, 1.807) is 0 Å². The molecule has 1 atom stereocenters. The minimum atomic E-state index is 0.754. The molecule has 0 saturated carbocycles. The summed E-state index contributed by atoms with van der Waals surface area (Å²) in [5.41, 5.74) is 2.89. The maximum Gasteiger partial charge on any atom is 0.0233 e. The largest absolute Gasteiger partial charge is 0.316 e. The molecule has 1 aliphatic heterocycles. The van der Waals surface area contributed by atoms with Crippen molar-refractivity contribution in [3.8, 4) is 0 Å². The van der Waals surface area contributed by atoms with Gasteiger partial charge in [-0.25, -0.2) is 0 Å². The first kappa shape index (κ1) is 15.5. The first-order valence-electron chi connectivity index (χ1n) is 8.18. The van der Waals surface area contributed by atoms with E-state index in [4.69, 9.17) is 0 Å². The summed E-state index contributed by atoms with van der Waals surface area (Å²) in [4.78, 5) is 2.60. The molecule has 0 aromatic heterocycles. The summed E-state index contributed by atoms with van der Waals surface area (Å²) in [5.74, 6) is 1.59. The summed E-state index contributed by atoms with van der Waals surface area (Å²) in [6.07, 6.45) is 2.48. The van der Waals surface area contributed by atoms with Crippen LogP contribution in [0.3, 0.4) is 0 Å². The summed E-state index contributed by atoms with van der Waals surface area (Å²) < 4.78 is 0. The molecule has 1 fully saturated rings. The number of nitrogens with zero attached hydrogens (tertiary/aromatic N) is 1. The molecule has 2 rings (SSSR count). The Hall–Kier alpha value is -0.860. The Balaban J connectivity index is 1.72. The third kappa shape index (κ3) is 4.92. The highest BCUT2D eigenvalue weighted by molar-refractivity contribution is 5.22. The molecule has 20 heavy (non-hydrogen) atoms. The Morgan fingerprint density at radius 2 is 1.90 bits per heavy atom. The number of hydrogen-bond donors (Lipinski definition) is 1. The summed E-state index contributed by atoms with van der Waals surface area (Å²) in [5, 5.41) is 3.60. The van der Waals surface area contributed by atoms with Crippen LogP contribution in [0.4, 0.5) is 0 Å². The molecule has 2 nitrogen and oxygen atoms in total. The average molecular weight is 274 g/mol. The normalized spacial score (nSPS) is 19.9. The van der Waals surface area contributed by atoms with Gasteiger partial charge in [0, 0.05) is 13.1 Å². The maximum absolute atomic E-state index is 3.60. The zero-order valence-electron chi connectivity index (χ0n) is 13.4. The number of hydrogen-bond acceptors (Lipinski definition) is 2. The molecule has 112 valence electrons. The van der Waals surface area contributed by atoms with E-state index in [0.717, 1.165) is 31.3 Å². The van der Waals surface area contributed by atoms with Gasteiger partial charge in [-0.05, 0) is 55.4 Å². The van der Waals surface area contributed by atoms with Crippen molar-refractivity contribution in [3.63, 3.8) is 0 Å². The van der Waals surface area contributed by atoms with Crippen molar-refractivity contribution in [1.29, 1.82) is 0 Å². The Morgan fingerprint density at radius 3 is 2.55 bits per heavy atom. The first-order chi connectivity index (χ1) is 9.67. The number of benzene rings is 1. The summed E-state index contributed by atoms with van der Waals surface area (Å²) in [7, 11) is 0. The van der Waals surface area contributed by atoms with Gasteiger partial charge in [0.1, 0.15) is 0 Å². The minimum Gasteiger partial charge on any atom is -0.316 e. The molecule has 0 radical (unpaired) electrons. The van der Waals surface area contributed by atoms with E-state index in [1.807, 2.05) is 0 Å². The molecule has 2 heteroatoms. The van der Waals surface area contributed by atoms with E-state index >= 15 is 0 Å². The topological polar surface area (TPSA) is 15.3 Å². The zero-order chi connectivity index (χ0) is 14.4. The van der Waals surface area contributed by atoms with E-state index in [2.05, 4.69) is 55.3 Å². The third-order valence-corrected chi connectivity index (χ3v) is 4.19. The molecular formula is C18H30N2. The summed E-state index contributed by atoms with van der Waals surface area (Å²) in [6.45, 7) is 12.7. The number of rotatable bonds is 7. The smallest absolute Gasteiger partial charge is 0.0233 e. The van der Waals surface area contributed by atoms with Crippen LogP contribution in [0, 0.1) is 11.8 Å². The number of likely N-dealkylation sites (tertiary alicyclic amines) is 1. The van der Waals surface area contributed by atoms with Crippen molar-refractivity contribution < 1.29 is 0 Å². The number of aryl methyl sites for hydroxylation is 1. The Bertz CT molecular complexity index is 383. The average Bonchev–Trinajstić information content (AvgIpc) is 2.87. The number of nitrogens with one attached hydrogen (secondary N) is 1.